The van der Waals surface area contributed by atoms with Gasteiger partial charge in [0, 0.05) is 10.6 Å². The summed E-state index contributed by atoms with van der Waals surface area (Å²) in [4.78, 5) is 11.7. The van der Waals surface area contributed by atoms with Crippen molar-refractivity contribution in [2.24, 2.45) is 5.10 Å². The van der Waals surface area contributed by atoms with Gasteiger partial charge in [-0.2, -0.15) is 5.10 Å². The van der Waals surface area contributed by atoms with E-state index in [1.165, 1.54) is 6.21 Å². The number of hydrogen-bond donors (Lipinski definition) is 2. The first kappa shape index (κ1) is 15.9. The van der Waals surface area contributed by atoms with Gasteiger partial charge in [0.2, 0.25) is 0 Å². The van der Waals surface area contributed by atoms with E-state index < -0.39 is 0 Å². The highest BCUT2D eigenvalue weighted by Gasteiger charge is 2.03. The van der Waals surface area contributed by atoms with Crippen LogP contribution in [0.4, 0.5) is 5.69 Å². The van der Waals surface area contributed by atoms with Crippen molar-refractivity contribution in [2.45, 2.75) is 0 Å². The van der Waals surface area contributed by atoms with Crippen molar-refractivity contribution in [2.75, 3.05) is 19.0 Å². The summed E-state index contributed by atoms with van der Waals surface area (Å²) in [6.45, 7) is 0.0836. The average Bonchev–Trinajstić information content (AvgIpc) is 2.55. The summed E-state index contributed by atoms with van der Waals surface area (Å²) in [6.07, 6.45) is 1.50. The smallest absolute Gasteiger partial charge is 0.259 e. The van der Waals surface area contributed by atoms with Gasteiger partial charge in [0.25, 0.3) is 5.91 Å². The minimum Gasteiger partial charge on any atom is -0.495 e. The van der Waals surface area contributed by atoms with Gasteiger partial charge in [0.15, 0.2) is 0 Å². The fourth-order valence-electron chi connectivity index (χ4n) is 1.76. The SMILES string of the molecule is COc1ccccc1NCC(=O)N/N=C/c1ccccc1Cl. The Bertz CT molecular complexity index is 674. The van der Waals surface area contributed by atoms with Gasteiger partial charge < -0.3 is 10.1 Å². The highest BCUT2D eigenvalue weighted by Crippen LogP contribution is 2.22. The Balaban J connectivity index is 1.85. The number of rotatable bonds is 6. The Morgan fingerprint density at radius 1 is 1.23 bits per heavy atom. The van der Waals surface area contributed by atoms with Gasteiger partial charge in [-0.3, -0.25) is 4.79 Å². The van der Waals surface area contributed by atoms with Gasteiger partial charge >= 0.3 is 0 Å². The zero-order valence-corrected chi connectivity index (χ0v) is 12.8. The van der Waals surface area contributed by atoms with E-state index in [-0.39, 0.29) is 12.5 Å². The summed E-state index contributed by atoms with van der Waals surface area (Å²) in [5.74, 6) is 0.407. The molecule has 0 aliphatic heterocycles. The molecule has 0 heterocycles. The Kier molecular flexibility index (Phi) is 5.80. The van der Waals surface area contributed by atoms with Crippen molar-refractivity contribution in [3.05, 3.63) is 59.1 Å². The quantitative estimate of drug-likeness (QED) is 0.636. The molecule has 1 amide bonds. The number of nitrogens with zero attached hydrogens (tertiary/aromatic N) is 1. The average molecular weight is 318 g/mol. The predicted octanol–water partition coefficient (Wildman–Crippen LogP) is 2.91. The van der Waals surface area contributed by atoms with Crippen LogP contribution in [0.15, 0.2) is 53.6 Å². The van der Waals surface area contributed by atoms with E-state index in [4.69, 9.17) is 16.3 Å². The first-order valence-electron chi connectivity index (χ1n) is 6.64. The maximum atomic E-state index is 11.7. The Morgan fingerprint density at radius 3 is 2.73 bits per heavy atom. The van der Waals surface area contributed by atoms with Crippen LogP contribution in [0, 0.1) is 0 Å². The highest BCUT2D eigenvalue weighted by atomic mass is 35.5. The van der Waals surface area contributed by atoms with Crippen LogP contribution >= 0.6 is 11.6 Å². The number of carbonyl (C=O) groups excluding carboxylic acids is 1. The molecule has 0 saturated heterocycles. The second kappa shape index (κ2) is 8.05. The van der Waals surface area contributed by atoms with Crippen molar-refractivity contribution in [3.63, 3.8) is 0 Å². The summed E-state index contributed by atoms with van der Waals surface area (Å²) >= 11 is 5.98. The Hall–Kier alpha value is -2.53. The molecule has 114 valence electrons. The zero-order valence-electron chi connectivity index (χ0n) is 12.0. The molecule has 0 aromatic heterocycles. The number of methoxy groups -OCH3 is 1. The minimum absolute atomic E-state index is 0.0836. The molecule has 6 heteroatoms. The van der Waals surface area contributed by atoms with Crippen molar-refractivity contribution >= 4 is 29.4 Å². The Labute approximate surface area is 133 Å². The molecular weight excluding hydrogens is 302 g/mol. The van der Waals surface area contributed by atoms with Crippen molar-refractivity contribution < 1.29 is 9.53 Å². The third-order valence-electron chi connectivity index (χ3n) is 2.84. The number of carbonyl (C=O) groups is 1. The number of hydrogen-bond acceptors (Lipinski definition) is 4. The van der Waals surface area contributed by atoms with Crippen LogP contribution in [0.5, 0.6) is 5.75 Å². The molecule has 0 atom stereocenters. The monoisotopic (exact) mass is 317 g/mol. The van der Waals surface area contributed by atoms with Crippen LogP contribution in [0.25, 0.3) is 0 Å². The molecule has 0 aliphatic rings. The van der Waals surface area contributed by atoms with Crippen LogP contribution in [-0.4, -0.2) is 25.8 Å². The molecule has 5 nitrogen and oxygen atoms in total. The molecule has 0 aliphatic carbocycles. The molecule has 0 bridgehead atoms. The van der Waals surface area contributed by atoms with E-state index in [1.54, 1.807) is 13.2 Å². The van der Waals surface area contributed by atoms with Crippen molar-refractivity contribution in [1.82, 2.24) is 5.43 Å². The summed E-state index contributed by atoms with van der Waals surface area (Å²) in [5.41, 5.74) is 3.92. The molecule has 22 heavy (non-hydrogen) atoms. The first-order chi connectivity index (χ1) is 10.7. The van der Waals surface area contributed by atoms with E-state index in [0.29, 0.717) is 10.8 Å². The number of benzene rings is 2. The second-order valence-electron chi connectivity index (χ2n) is 4.37. The molecule has 2 N–H and O–H groups in total. The molecule has 0 fully saturated rings. The second-order valence-corrected chi connectivity index (χ2v) is 4.78. The normalized spacial score (nSPS) is 10.5. The van der Waals surface area contributed by atoms with E-state index in [1.807, 2.05) is 42.5 Å². The van der Waals surface area contributed by atoms with Crippen molar-refractivity contribution in [3.8, 4) is 5.75 Å². The molecule has 0 saturated carbocycles. The topological polar surface area (TPSA) is 62.7 Å². The summed E-state index contributed by atoms with van der Waals surface area (Å²) < 4.78 is 5.19. The molecule has 0 radical (unpaired) electrons. The number of hydrazone groups is 1. The molecule has 0 unspecified atom stereocenters. The standard InChI is InChI=1S/C16H16ClN3O2/c1-22-15-9-5-4-8-14(15)18-11-16(21)20-19-10-12-6-2-3-7-13(12)17/h2-10,18H,11H2,1H3,(H,20,21)/b19-10+. The molecule has 2 aromatic rings. The van der Waals surface area contributed by atoms with Gasteiger partial charge in [-0.15, -0.1) is 0 Å². The maximum Gasteiger partial charge on any atom is 0.259 e. The van der Waals surface area contributed by atoms with Crippen LogP contribution in [0.1, 0.15) is 5.56 Å². The lowest BCUT2D eigenvalue weighted by molar-refractivity contribution is -0.119. The van der Waals surface area contributed by atoms with Gasteiger partial charge in [-0.1, -0.05) is 41.9 Å². The lowest BCUT2D eigenvalue weighted by Crippen LogP contribution is -2.26. The largest absolute Gasteiger partial charge is 0.495 e. The number of ether oxygens (including phenoxy) is 1. The fourth-order valence-corrected chi connectivity index (χ4v) is 1.94. The third-order valence-corrected chi connectivity index (χ3v) is 3.19. The lowest BCUT2D eigenvalue weighted by atomic mass is 10.2. The number of amides is 1. The maximum absolute atomic E-state index is 11.7. The number of para-hydroxylation sites is 2. The van der Waals surface area contributed by atoms with Crippen LogP contribution in [0.2, 0.25) is 5.02 Å². The lowest BCUT2D eigenvalue weighted by Gasteiger charge is -2.09. The van der Waals surface area contributed by atoms with E-state index in [9.17, 15) is 4.79 Å². The highest BCUT2D eigenvalue weighted by molar-refractivity contribution is 6.33. The Morgan fingerprint density at radius 2 is 1.95 bits per heavy atom. The summed E-state index contributed by atoms with van der Waals surface area (Å²) in [5, 5.41) is 7.44. The predicted molar refractivity (Wildman–Crippen MR) is 88.7 cm³/mol. The third kappa shape index (κ3) is 4.49. The van der Waals surface area contributed by atoms with Gasteiger partial charge in [0.05, 0.1) is 25.6 Å². The first-order valence-corrected chi connectivity index (χ1v) is 7.02. The van der Waals surface area contributed by atoms with Crippen molar-refractivity contribution in [1.29, 1.82) is 0 Å². The van der Waals surface area contributed by atoms with Gasteiger partial charge in [-0.25, -0.2) is 5.43 Å². The molecule has 2 aromatic carbocycles. The fraction of sp³-hybridized carbons (Fsp3) is 0.125. The number of halogens is 1. The summed E-state index contributed by atoms with van der Waals surface area (Å²) in [7, 11) is 1.58. The number of anilines is 1. The van der Waals surface area contributed by atoms with E-state index in [0.717, 1.165) is 11.3 Å². The van der Waals surface area contributed by atoms with E-state index in [2.05, 4.69) is 15.8 Å². The molecule has 0 spiro atoms. The molecule has 2 rings (SSSR count). The van der Waals surface area contributed by atoms with Gasteiger partial charge in [-0.05, 0) is 18.2 Å². The van der Waals surface area contributed by atoms with Gasteiger partial charge in [0.1, 0.15) is 5.75 Å². The molecular formula is C16H16ClN3O2. The van der Waals surface area contributed by atoms with Crippen LogP contribution in [-0.2, 0) is 4.79 Å². The minimum atomic E-state index is -0.269. The zero-order chi connectivity index (χ0) is 15.8. The summed E-state index contributed by atoms with van der Waals surface area (Å²) in [6, 6.07) is 14.6. The van der Waals surface area contributed by atoms with E-state index >= 15 is 0 Å². The van der Waals surface area contributed by atoms with Crippen LogP contribution in [0.3, 0.4) is 0 Å². The number of nitrogens with one attached hydrogen (secondary N) is 2. The van der Waals surface area contributed by atoms with Crippen LogP contribution < -0.4 is 15.5 Å².